The van der Waals surface area contributed by atoms with Crippen LogP contribution in [0, 0.1) is 0 Å². The number of fused-ring (bicyclic) bond motifs is 1. The maximum atomic E-state index is 6.39. The van der Waals surface area contributed by atoms with E-state index in [0.29, 0.717) is 0 Å². The Balaban J connectivity index is 1.83. The van der Waals surface area contributed by atoms with E-state index in [9.17, 15) is 0 Å². The molecule has 0 fully saturated rings. The van der Waals surface area contributed by atoms with Gasteiger partial charge in [-0.15, -0.1) is 0 Å². The minimum absolute atomic E-state index is 0.940. The van der Waals surface area contributed by atoms with Gasteiger partial charge in [0.05, 0.1) is 0 Å². The first kappa shape index (κ1) is 23.7. The van der Waals surface area contributed by atoms with Crippen LogP contribution in [0.15, 0.2) is 42.5 Å². The summed E-state index contributed by atoms with van der Waals surface area (Å²) in [5, 5.41) is 2.69. The van der Waals surface area contributed by atoms with E-state index in [2.05, 4.69) is 63.2 Å². The summed E-state index contributed by atoms with van der Waals surface area (Å²) >= 11 is -2.10. The van der Waals surface area contributed by atoms with Crippen LogP contribution in [0.5, 0.6) is 0 Å². The molecule has 156 valence electrons. The van der Waals surface area contributed by atoms with Crippen molar-refractivity contribution in [1.29, 1.82) is 0 Å². The fraction of sp³-hybridized carbons (Fsp3) is 0.615. The van der Waals surface area contributed by atoms with Crippen LogP contribution in [0.25, 0.3) is 10.8 Å². The van der Waals surface area contributed by atoms with Crippen LogP contribution in [0.1, 0.15) is 71.3 Å². The molecular formula is C26H42OSn. The topological polar surface area (TPSA) is 9.23 Å². The van der Waals surface area contributed by atoms with Gasteiger partial charge in [0, 0.05) is 0 Å². The van der Waals surface area contributed by atoms with Gasteiger partial charge >= 0.3 is 179 Å². The molecular weight excluding hydrogens is 447 g/mol. The number of hydrogen-bond acceptors (Lipinski definition) is 1. The van der Waals surface area contributed by atoms with E-state index in [1.165, 1.54) is 59.5 Å². The zero-order chi connectivity index (χ0) is 20.1. The number of unbranched alkanes of at least 4 members (excludes halogenated alkanes) is 3. The zero-order valence-electron chi connectivity index (χ0n) is 18.6. The van der Waals surface area contributed by atoms with Crippen LogP contribution in [-0.2, 0) is 11.2 Å². The molecule has 0 spiro atoms. The van der Waals surface area contributed by atoms with Gasteiger partial charge in [0.25, 0.3) is 0 Å². The standard InChI is InChI=1S/C14H15O.3C4H9.Sn/c1-15-10-4-5-12-8-9-13-6-2-3-7-14(13)11-12;3*1-3-4-2;/h2-3,6-9,11H,1,4-5,10H2;3*1,3-4H2,2H3;. The Morgan fingerprint density at radius 1 is 0.714 bits per heavy atom. The molecule has 2 aromatic rings. The van der Waals surface area contributed by atoms with Crippen molar-refractivity contribution in [2.24, 2.45) is 0 Å². The molecule has 0 bridgehead atoms. The fourth-order valence-corrected chi connectivity index (χ4v) is 18.8. The van der Waals surface area contributed by atoms with Gasteiger partial charge in [0.2, 0.25) is 0 Å². The van der Waals surface area contributed by atoms with E-state index >= 15 is 0 Å². The van der Waals surface area contributed by atoms with Gasteiger partial charge in [-0.1, -0.05) is 0 Å². The quantitative estimate of drug-likeness (QED) is 0.181. The second-order valence-electron chi connectivity index (χ2n) is 8.65. The molecule has 0 N–H and O–H groups in total. The summed E-state index contributed by atoms with van der Waals surface area (Å²) in [5.41, 5.74) is 1.44. The summed E-state index contributed by atoms with van der Waals surface area (Å²) in [6, 6.07) is 15.5. The van der Waals surface area contributed by atoms with Crippen molar-refractivity contribution in [3.05, 3.63) is 48.0 Å². The summed E-state index contributed by atoms with van der Waals surface area (Å²) in [5.74, 6) is 0. The van der Waals surface area contributed by atoms with Crippen molar-refractivity contribution in [2.45, 2.75) is 85.4 Å². The van der Waals surface area contributed by atoms with E-state index in [0.717, 1.165) is 19.4 Å². The number of ether oxygens (including phenoxy) is 1. The number of benzene rings is 2. The molecule has 0 aromatic heterocycles. The Labute approximate surface area is 178 Å². The van der Waals surface area contributed by atoms with Gasteiger partial charge in [-0.05, 0) is 0 Å². The van der Waals surface area contributed by atoms with Crippen LogP contribution < -0.4 is 0 Å². The molecule has 2 aromatic carbocycles. The van der Waals surface area contributed by atoms with Gasteiger partial charge in [-0.25, -0.2) is 0 Å². The second-order valence-corrected chi connectivity index (χ2v) is 22.3. The summed E-state index contributed by atoms with van der Waals surface area (Å²) in [7, 11) is 0. The summed E-state index contributed by atoms with van der Waals surface area (Å²) < 4.78 is 12.2. The Morgan fingerprint density at radius 2 is 1.32 bits per heavy atom. The molecule has 28 heavy (non-hydrogen) atoms. The molecule has 0 atom stereocenters. The molecule has 0 amide bonds. The zero-order valence-corrected chi connectivity index (χ0v) is 21.5. The first-order valence-corrected chi connectivity index (χ1v) is 19.9. The van der Waals surface area contributed by atoms with E-state index < -0.39 is 18.4 Å². The Morgan fingerprint density at radius 3 is 1.93 bits per heavy atom. The third kappa shape index (κ3) is 8.06. The van der Waals surface area contributed by atoms with Gasteiger partial charge in [-0.3, -0.25) is 0 Å². The van der Waals surface area contributed by atoms with E-state index in [-0.39, 0.29) is 0 Å². The fourth-order valence-electron chi connectivity index (χ4n) is 4.31. The molecule has 0 saturated heterocycles. The monoisotopic (exact) mass is 490 g/mol. The second kappa shape index (κ2) is 13.6. The number of rotatable bonds is 15. The van der Waals surface area contributed by atoms with Crippen molar-refractivity contribution in [1.82, 2.24) is 0 Å². The summed E-state index contributed by atoms with van der Waals surface area (Å²) in [4.78, 5) is 0. The molecule has 0 aliphatic heterocycles. The average Bonchev–Trinajstić information content (AvgIpc) is 2.74. The van der Waals surface area contributed by atoms with Gasteiger partial charge < -0.3 is 0 Å². The molecule has 2 rings (SSSR count). The molecule has 0 unspecified atom stereocenters. The van der Waals surface area contributed by atoms with Crippen LogP contribution in [-0.4, -0.2) is 29.6 Å². The van der Waals surface area contributed by atoms with Crippen molar-refractivity contribution in [3.8, 4) is 0 Å². The van der Waals surface area contributed by atoms with E-state index in [1.54, 1.807) is 13.3 Å². The third-order valence-electron chi connectivity index (χ3n) is 6.16. The molecule has 0 aliphatic rings. The van der Waals surface area contributed by atoms with Gasteiger partial charge in [0.15, 0.2) is 0 Å². The van der Waals surface area contributed by atoms with E-state index in [4.69, 9.17) is 4.74 Å². The average molecular weight is 489 g/mol. The molecule has 1 nitrogen and oxygen atoms in total. The molecule has 0 heterocycles. The predicted molar refractivity (Wildman–Crippen MR) is 128 cm³/mol. The summed E-state index contributed by atoms with van der Waals surface area (Å²) in [6.07, 6.45) is 10.6. The van der Waals surface area contributed by atoms with Crippen LogP contribution >= 0.6 is 0 Å². The SMILES string of the molecule is CCC[CH2][Sn]([CH2]CCC)([CH2]CCC)[CH2]OCCCc1ccc2ccccc2c1. The molecule has 2 heteroatoms. The minimum atomic E-state index is -2.10. The van der Waals surface area contributed by atoms with Crippen molar-refractivity contribution < 1.29 is 4.74 Å². The Bertz CT molecular complexity index is 645. The molecule has 0 saturated carbocycles. The molecule has 0 radical (unpaired) electrons. The normalized spacial score (nSPS) is 12.0. The number of aryl methyl sites for hydroxylation is 1. The number of hydrogen-bond donors (Lipinski definition) is 0. The van der Waals surface area contributed by atoms with Crippen molar-refractivity contribution in [3.63, 3.8) is 0 Å². The van der Waals surface area contributed by atoms with Crippen LogP contribution in [0.2, 0.25) is 13.3 Å². The first-order valence-electron chi connectivity index (χ1n) is 11.8. The summed E-state index contributed by atoms with van der Waals surface area (Å²) in [6.45, 7) is 7.98. The van der Waals surface area contributed by atoms with Gasteiger partial charge in [0.1, 0.15) is 0 Å². The van der Waals surface area contributed by atoms with Gasteiger partial charge in [-0.2, -0.15) is 0 Å². The Kier molecular flexibility index (Phi) is 11.6. The van der Waals surface area contributed by atoms with Crippen LogP contribution in [0.3, 0.4) is 0 Å². The third-order valence-corrected chi connectivity index (χ3v) is 20.6. The van der Waals surface area contributed by atoms with Crippen LogP contribution in [0.4, 0.5) is 0 Å². The Hall–Kier alpha value is -0.541. The molecule has 0 aliphatic carbocycles. The maximum absolute atomic E-state index is 6.39. The predicted octanol–water partition coefficient (Wildman–Crippen LogP) is 8.18. The first-order chi connectivity index (χ1) is 13.7. The van der Waals surface area contributed by atoms with Crippen molar-refractivity contribution >= 4 is 29.1 Å². The van der Waals surface area contributed by atoms with E-state index in [1.807, 2.05) is 0 Å². The van der Waals surface area contributed by atoms with Crippen molar-refractivity contribution in [2.75, 3.05) is 11.2 Å².